The molecule has 8 heteroatoms. The van der Waals surface area contributed by atoms with E-state index in [1.165, 1.54) is 6.92 Å². The van der Waals surface area contributed by atoms with Gasteiger partial charge in [-0.1, -0.05) is 0 Å². The summed E-state index contributed by atoms with van der Waals surface area (Å²) < 4.78 is 5.75. The lowest BCUT2D eigenvalue weighted by molar-refractivity contribution is -0.133. The molecule has 0 aromatic carbocycles. The Kier molecular flexibility index (Phi) is 5.48. The van der Waals surface area contributed by atoms with E-state index in [1.807, 2.05) is 30.0 Å². The average Bonchev–Trinajstić information content (AvgIpc) is 3.58. The lowest BCUT2D eigenvalue weighted by atomic mass is 10.1. The van der Waals surface area contributed by atoms with E-state index < -0.39 is 0 Å². The topological polar surface area (TPSA) is 111 Å². The fraction of sp³-hybridized carbons (Fsp3) is 0.409. The second kappa shape index (κ2) is 8.22. The molecule has 0 bridgehead atoms. The second-order valence-electron chi connectivity index (χ2n) is 7.86. The molecule has 1 aliphatic carbocycles. The van der Waals surface area contributed by atoms with Crippen molar-refractivity contribution in [2.45, 2.75) is 39.7 Å². The van der Waals surface area contributed by atoms with Crippen molar-refractivity contribution in [3.05, 3.63) is 52.5 Å². The van der Waals surface area contributed by atoms with E-state index >= 15 is 0 Å². The van der Waals surface area contributed by atoms with Gasteiger partial charge in [0.15, 0.2) is 5.78 Å². The Morgan fingerprint density at radius 1 is 1.27 bits per heavy atom. The first-order valence-corrected chi connectivity index (χ1v) is 10.1. The van der Waals surface area contributed by atoms with Crippen molar-refractivity contribution in [1.29, 1.82) is 0 Å². The van der Waals surface area contributed by atoms with Crippen LogP contribution in [0.15, 0.2) is 30.0 Å². The molecule has 1 fully saturated rings. The van der Waals surface area contributed by atoms with E-state index in [4.69, 9.17) is 10.5 Å². The first-order valence-electron chi connectivity index (χ1n) is 10.1. The van der Waals surface area contributed by atoms with E-state index in [0.717, 1.165) is 29.8 Å². The van der Waals surface area contributed by atoms with Gasteiger partial charge in [-0.3, -0.25) is 14.6 Å². The number of Topliss-reactive ketones (excluding diaryl/α,β-unsaturated/α-hetero) is 1. The highest BCUT2D eigenvalue weighted by Crippen LogP contribution is 2.32. The van der Waals surface area contributed by atoms with Crippen LogP contribution < -0.4 is 10.5 Å². The summed E-state index contributed by atoms with van der Waals surface area (Å²) in [4.78, 5) is 30.5. The molecule has 2 N–H and O–H groups in total. The summed E-state index contributed by atoms with van der Waals surface area (Å²) in [5, 5.41) is 8.38. The minimum atomic E-state index is -0.173. The van der Waals surface area contributed by atoms with Crippen molar-refractivity contribution in [1.82, 2.24) is 20.1 Å². The van der Waals surface area contributed by atoms with Gasteiger partial charge in [0.2, 0.25) is 11.8 Å². The number of pyridine rings is 1. The van der Waals surface area contributed by atoms with Crippen LogP contribution in [0.4, 0.5) is 0 Å². The van der Waals surface area contributed by atoms with E-state index in [9.17, 15) is 9.59 Å². The summed E-state index contributed by atoms with van der Waals surface area (Å²) >= 11 is 0. The number of nitrogens with two attached hydrogens (primary N) is 1. The van der Waals surface area contributed by atoms with E-state index in [0.29, 0.717) is 42.2 Å². The average molecular weight is 407 g/mol. The van der Waals surface area contributed by atoms with Crippen LogP contribution in [0, 0.1) is 12.8 Å². The molecule has 1 saturated carbocycles. The highest BCUT2D eigenvalue weighted by atomic mass is 16.5. The quantitative estimate of drug-likeness (QED) is 0.727. The lowest BCUT2D eigenvalue weighted by Gasteiger charge is -2.28. The highest BCUT2D eigenvalue weighted by molar-refractivity contribution is 6.00. The maximum Gasteiger partial charge on any atom is 0.234 e. The summed E-state index contributed by atoms with van der Waals surface area (Å²) in [6, 6.07) is 5.50. The molecule has 0 radical (unpaired) electrons. The van der Waals surface area contributed by atoms with Crippen LogP contribution in [0.2, 0.25) is 0 Å². The third-order valence-corrected chi connectivity index (χ3v) is 5.50. The fourth-order valence-corrected chi connectivity index (χ4v) is 3.46. The number of nitrogens with zero attached hydrogens (tertiary/aromatic N) is 4. The molecule has 1 aliphatic heterocycles. The van der Waals surface area contributed by atoms with Crippen LogP contribution in [-0.4, -0.2) is 44.9 Å². The Hall–Kier alpha value is -3.29. The maximum absolute atomic E-state index is 12.3. The van der Waals surface area contributed by atoms with Crippen LogP contribution in [-0.2, 0) is 22.6 Å². The largest absolute Gasteiger partial charge is 0.471 e. The van der Waals surface area contributed by atoms with E-state index in [-0.39, 0.29) is 24.2 Å². The van der Waals surface area contributed by atoms with Gasteiger partial charge in [-0.15, -0.1) is 10.2 Å². The number of amides is 1. The predicted molar refractivity (Wildman–Crippen MR) is 110 cm³/mol. The Morgan fingerprint density at radius 2 is 2.07 bits per heavy atom. The predicted octanol–water partition coefficient (Wildman–Crippen LogP) is 1.81. The second-order valence-corrected chi connectivity index (χ2v) is 7.86. The summed E-state index contributed by atoms with van der Waals surface area (Å²) in [5.74, 6) is 0.589. The van der Waals surface area contributed by atoms with Gasteiger partial charge in [0.25, 0.3) is 0 Å². The van der Waals surface area contributed by atoms with E-state index in [2.05, 4.69) is 15.2 Å². The van der Waals surface area contributed by atoms with Crippen molar-refractivity contribution >= 4 is 17.4 Å². The monoisotopic (exact) mass is 407 g/mol. The van der Waals surface area contributed by atoms with Crippen LogP contribution in [0.5, 0.6) is 5.88 Å². The van der Waals surface area contributed by atoms with Crippen LogP contribution in [0.3, 0.4) is 0 Å². The number of hydrogen-bond donors (Lipinski definition) is 1. The smallest absolute Gasteiger partial charge is 0.234 e. The maximum atomic E-state index is 12.3. The van der Waals surface area contributed by atoms with Crippen molar-refractivity contribution in [3.63, 3.8) is 0 Å². The molecule has 2 aromatic rings. The normalized spacial score (nSPS) is 16.5. The molecule has 0 unspecified atom stereocenters. The number of aromatic nitrogens is 3. The van der Waals surface area contributed by atoms with Gasteiger partial charge in [-0.05, 0) is 50.8 Å². The molecule has 30 heavy (non-hydrogen) atoms. The Bertz CT molecular complexity index is 1010. The van der Waals surface area contributed by atoms with Gasteiger partial charge in [0, 0.05) is 36.0 Å². The minimum absolute atomic E-state index is 0.00516. The lowest BCUT2D eigenvalue weighted by Crippen LogP contribution is -2.37. The molecule has 2 aliphatic rings. The molecule has 0 saturated heterocycles. The van der Waals surface area contributed by atoms with Crippen molar-refractivity contribution in [3.8, 4) is 5.88 Å². The Labute approximate surface area is 175 Å². The van der Waals surface area contributed by atoms with Crippen LogP contribution in [0.25, 0.3) is 5.70 Å². The van der Waals surface area contributed by atoms with E-state index in [1.54, 1.807) is 6.20 Å². The van der Waals surface area contributed by atoms with Gasteiger partial charge >= 0.3 is 0 Å². The fourth-order valence-electron chi connectivity index (χ4n) is 3.46. The summed E-state index contributed by atoms with van der Waals surface area (Å²) in [6.07, 6.45) is 4.34. The molecule has 8 nitrogen and oxygen atoms in total. The summed E-state index contributed by atoms with van der Waals surface area (Å²) in [7, 11) is 0. The minimum Gasteiger partial charge on any atom is -0.471 e. The zero-order chi connectivity index (χ0) is 21.3. The zero-order valence-electron chi connectivity index (χ0n) is 17.2. The standard InChI is InChI=1S/C22H25N5O3/c1-13-3-4-17(10-24-13)21(23)18(14(2)28)12-30-20-9-16-7-8-27(11-19(16)25-26-20)22(29)15-5-6-15/h3-4,9-10,15H,5-8,11-12,23H2,1-2H3/b21-18-. The van der Waals surface area contributed by atoms with Gasteiger partial charge < -0.3 is 15.4 Å². The molecule has 2 aromatic heterocycles. The molecule has 3 heterocycles. The molecule has 4 rings (SSSR count). The Morgan fingerprint density at radius 3 is 2.73 bits per heavy atom. The van der Waals surface area contributed by atoms with Gasteiger partial charge in [0.05, 0.1) is 23.5 Å². The van der Waals surface area contributed by atoms with Crippen molar-refractivity contribution in [2.24, 2.45) is 11.7 Å². The van der Waals surface area contributed by atoms with Gasteiger partial charge in [-0.2, -0.15) is 0 Å². The van der Waals surface area contributed by atoms with Gasteiger partial charge in [0.1, 0.15) is 6.61 Å². The molecular formula is C22H25N5O3. The SMILES string of the molecule is CC(=O)/C(COc1cc2c(nn1)CN(C(=O)C1CC1)CC2)=C(\N)c1ccc(C)nc1. The van der Waals surface area contributed by atoms with Crippen LogP contribution >= 0.6 is 0 Å². The number of ketones is 1. The van der Waals surface area contributed by atoms with Crippen LogP contribution in [0.1, 0.15) is 42.3 Å². The number of carbonyl (C=O) groups excluding carboxylic acids is 2. The van der Waals surface area contributed by atoms with Crippen molar-refractivity contribution in [2.75, 3.05) is 13.2 Å². The molecular weight excluding hydrogens is 382 g/mol. The number of aryl methyl sites for hydroxylation is 1. The number of ether oxygens (including phenoxy) is 1. The first-order chi connectivity index (χ1) is 14.4. The molecule has 0 spiro atoms. The van der Waals surface area contributed by atoms with Gasteiger partial charge in [-0.25, -0.2) is 0 Å². The zero-order valence-corrected chi connectivity index (χ0v) is 17.2. The first kappa shape index (κ1) is 20.0. The summed E-state index contributed by atoms with van der Waals surface area (Å²) in [6.45, 7) is 4.50. The highest BCUT2D eigenvalue weighted by Gasteiger charge is 2.35. The number of fused-ring (bicyclic) bond motifs is 1. The molecule has 156 valence electrons. The number of rotatable bonds is 6. The molecule has 0 atom stereocenters. The number of carbonyl (C=O) groups is 2. The molecule has 1 amide bonds. The third kappa shape index (κ3) is 4.32. The Balaban J connectivity index is 1.46. The van der Waals surface area contributed by atoms with Crippen molar-refractivity contribution < 1.29 is 14.3 Å². The summed E-state index contributed by atoms with van der Waals surface area (Å²) in [5.41, 5.74) is 10.3. The third-order valence-electron chi connectivity index (χ3n) is 5.50. The number of hydrogen-bond acceptors (Lipinski definition) is 7.